The lowest BCUT2D eigenvalue weighted by molar-refractivity contribution is -0.137. The Morgan fingerprint density at radius 1 is 1.29 bits per heavy atom. The summed E-state index contributed by atoms with van der Waals surface area (Å²) >= 11 is 0. The van der Waals surface area contributed by atoms with Crippen LogP contribution in [0.4, 0.5) is 0 Å². The Hall–Kier alpha value is -1.55. The van der Waals surface area contributed by atoms with E-state index in [9.17, 15) is 4.79 Å². The van der Waals surface area contributed by atoms with Gasteiger partial charge in [-0.2, -0.15) is 0 Å². The van der Waals surface area contributed by atoms with Gasteiger partial charge in [-0.05, 0) is 44.7 Å². The van der Waals surface area contributed by atoms with E-state index in [1.54, 1.807) is 0 Å². The standard InChI is InChI=1S/C17H24N2O2/c18-10-4-11-19(13-5-3-6-13)17(20)15-9-12-21-16-8-2-1-7-14(15)16/h1-2,7-8,13,15H,3-6,9-12,18H2. The van der Waals surface area contributed by atoms with Crippen molar-refractivity contribution in [3.8, 4) is 5.75 Å². The van der Waals surface area contributed by atoms with Crippen LogP contribution in [-0.2, 0) is 4.79 Å². The number of hydrogen-bond donors (Lipinski definition) is 1. The summed E-state index contributed by atoms with van der Waals surface area (Å²) in [6.45, 7) is 2.06. The molecule has 0 saturated heterocycles. The molecule has 0 radical (unpaired) electrons. The molecule has 1 atom stereocenters. The van der Waals surface area contributed by atoms with E-state index in [0.29, 0.717) is 19.2 Å². The number of amides is 1. The molecule has 1 aliphatic carbocycles. The van der Waals surface area contributed by atoms with Crippen molar-refractivity contribution in [3.05, 3.63) is 29.8 Å². The first-order chi connectivity index (χ1) is 10.3. The van der Waals surface area contributed by atoms with Crippen LogP contribution in [0, 0.1) is 0 Å². The van der Waals surface area contributed by atoms with Gasteiger partial charge in [0.25, 0.3) is 0 Å². The molecular formula is C17H24N2O2. The van der Waals surface area contributed by atoms with Gasteiger partial charge in [-0.1, -0.05) is 18.2 Å². The number of ether oxygens (including phenoxy) is 1. The van der Waals surface area contributed by atoms with Crippen molar-refractivity contribution in [1.82, 2.24) is 4.90 Å². The SMILES string of the molecule is NCCCN(C(=O)C1CCOc2ccccc21)C1CCC1. The number of nitrogens with zero attached hydrogens (tertiary/aromatic N) is 1. The van der Waals surface area contributed by atoms with Gasteiger partial charge in [0.05, 0.1) is 12.5 Å². The predicted octanol–water partition coefficient (Wildman–Crippen LogP) is 2.28. The average Bonchev–Trinajstić information content (AvgIpc) is 2.48. The third kappa shape index (κ3) is 2.91. The van der Waals surface area contributed by atoms with Gasteiger partial charge in [-0.15, -0.1) is 0 Å². The van der Waals surface area contributed by atoms with Crippen LogP contribution < -0.4 is 10.5 Å². The van der Waals surface area contributed by atoms with Gasteiger partial charge in [-0.25, -0.2) is 0 Å². The fourth-order valence-electron chi connectivity index (χ4n) is 3.23. The Kier molecular flexibility index (Phi) is 4.44. The van der Waals surface area contributed by atoms with Crippen LogP contribution in [0.3, 0.4) is 0 Å². The van der Waals surface area contributed by atoms with Crippen molar-refractivity contribution in [1.29, 1.82) is 0 Å². The average molecular weight is 288 g/mol. The molecule has 1 unspecified atom stereocenters. The second kappa shape index (κ2) is 6.48. The summed E-state index contributed by atoms with van der Waals surface area (Å²) in [5.74, 6) is 1.09. The molecule has 1 aliphatic heterocycles. The Morgan fingerprint density at radius 3 is 2.81 bits per heavy atom. The van der Waals surface area contributed by atoms with E-state index < -0.39 is 0 Å². The summed E-state index contributed by atoms with van der Waals surface area (Å²) in [4.78, 5) is 15.1. The highest BCUT2D eigenvalue weighted by atomic mass is 16.5. The van der Waals surface area contributed by atoms with Crippen molar-refractivity contribution in [2.75, 3.05) is 19.7 Å². The first-order valence-corrected chi connectivity index (χ1v) is 8.03. The molecule has 114 valence electrons. The summed E-state index contributed by atoms with van der Waals surface area (Å²) in [6, 6.07) is 8.37. The number of carbonyl (C=O) groups is 1. The molecule has 1 aromatic carbocycles. The van der Waals surface area contributed by atoms with Gasteiger partial charge in [-0.3, -0.25) is 4.79 Å². The lowest BCUT2D eigenvalue weighted by Gasteiger charge is -2.40. The molecule has 2 aliphatic rings. The van der Waals surface area contributed by atoms with Crippen LogP contribution in [0.5, 0.6) is 5.75 Å². The maximum Gasteiger partial charge on any atom is 0.230 e. The van der Waals surface area contributed by atoms with E-state index in [1.807, 2.05) is 24.3 Å². The normalized spacial score (nSPS) is 21.1. The maximum atomic E-state index is 13.0. The summed E-state index contributed by atoms with van der Waals surface area (Å²) in [7, 11) is 0. The molecule has 4 nitrogen and oxygen atoms in total. The molecule has 2 N–H and O–H groups in total. The van der Waals surface area contributed by atoms with E-state index in [0.717, 1.165) is 43.5 Å². The Morgan fingerprint density at radius 2 is 2.10 bits per heavy atom. The van der Waals surface area contributed by atoms with Crippen LogP contribution in [-0.4, -0.2) is 36.5 Å². The summed E-state index contributed by atoms with van der Waals surface area (Å²) in [5, 5.41) is 0. The van der Waals surface area contributed by atoms with E-state index >= 15 is 0 Å². The van der Waals surface area contributed by atoms with Crippen LogP contribution in [0.25, 0.3) is 0 Å². The number of fused-ring (bicyclic) bond motifs is 1. The molecule has 21 heavy (non-hydrogen) atoms. The molecule has 0 spiro atoms. The highest BCUT2D eigenvalue weighted by Crippen LogP contribution is 2.36. The molecule has 1 amide bonds. The Bertz CT molecular complexity index is 499. The molecule has 1 aromatic rings. The molecule has 4 heteroatoms. The van der Waals surface area contributed by atoms with E-state index in [-0.39, 0.29) is 11.8 Å². The molecule has 0 bridgehead atoms. The third-order valence-corrected chi connectivity index (χ3v) is 4.66. The van der Waals surface area contributed by atoms with Gasteiger partial charge >= 0.3 is 0 Å². The van der Waals surface area contributed by atoms with E-state index in [2.05, 4.69) is 4.90 Å². The van der Waals surface area contributed by atoms with Crippen molar-refractivity contribution < 1.29 is 9.53 Å². The van der Waals surface area contributed by atoms with Gasteiger partial charge < -0.3 is 15.4 Å². The van der Waals surface area contributed by atoms with Crippen LogP contribution in [0.2, 0.25) is 0 Å². The fourth-order valence-corrected chi connectivity index (χ4v) is 3.23. The largest absolute Gasteiger partial charge is 0.493 e. The zero-order valence-electron chi connectivity index (χ0n) is 12.5. The number of rotatable bonds is 5. The number of carbonyl (C=O) groups excluding carboxylic acids is 1. The Balaban J connectivity index is 1.79. The zero-order valence-corrected chi connectivity index (χ0v) is 12.5. The van der Waals surface area contributed by atoms with Crippen molar-refractivity contribution in [2.24, 2.45) is 5.73 Å². The van der Waals surface area contributed by atoms with Gasteiger partial charge in [0.1, 0.15) is 5.75 Å². The lowest BCUT2D eigenvalue weighted by atomic mass is 9.87. The topological polar surface area (TPSA) is 55.6 Å². The minimum Gasteiger partial charge on any atom is -0.493 e. The van der Waals surface area contributed by atoms with Crippen molar-refractivity contribution in [2.45, 2.75) is 44.1 Å². The second-order valence-electron chi connectivity index (χ2n) is 5.99. The minimum atomic E-state index is -0.0478. The van der Waals surface area contributed by atoms with Crippen molar-refractivity contribution in [3.63, 3.8) is 0 Å². The number of para-hydroxylation sites is 1. The number of nitrogens with two attached hydrogens (primary N) is 1. The highest BCUT2D eigenvalue weighted by molar-refractivity contribution is 5.85. The van der Waals surface area contributed by atoms with Crippen molar-refractivity contribution >= 4 is 5.91 Å². The van der Waals surface area contributed by atoms with Crippen LogP contribution in [0.1, 0.15) is 43.6 Å². The summed E-state index contributed by atoms with van der Waals surface area (Å²) in [5.41, 5.74) is 6.68. The third-order valence-electron chi connectivity index (χ3n) is 4.66. The zero-order chi connectivity index (χ0) is 14.7. The number of benzene rings is 1. The van der Waals surface area contributed by atoms with Crippen LogP contribution >= 0.6 is 0 Å². The van der Waals surface area contributed by atoms with E-state index in [1.165, 1.54) is 6.42 Å². The Labute approximate surface area is 126 Å². The molecule has 3 rings (SSSR count). The second-order valence-corrected chi connectivity index (χ2v) is 5.99. The van der Waals surface area contributed by atoms with Gasteiger partial charge in [0, 0.05) is 18.2 Å². The monoisotopic (exact) mass is 288 g/mol. The quantitative estimate of drug-likeness (QED) is 0.904. The number of hydrogen-bond acceptors (Lipinski definition) is 3. The highest BCUT2D eigenvalue weighted by Gasteiger charge is 2.35. The summed E-state index contributed by atoms with van der Waals surface area (Å²) in [6.07, 6.45) is 5.18. The minimum absolute atomic E-state index is 0.0478. The van der Waals surface area contributed by atoms with Gasteiger partial charge in [0.15, 0.2) is 0 Å². The lowest BCUT2D eigenvalue weighted by Crippen LogP contribution is -2.47. The fraction of sp³-hybridized carbons (Fsp3) is 0.588. The molecule has 1 saturated carbocycles. The smallest absolute Gasteiger partial charge is 0.230 e. The maximum absolute atomic E-state index is 13.0. The molecular weight excluding hydrogens is 264 g/mol. The molecule has 1 fully saturated rings. The first-order valence-electron chi connectivity index (χ1n) is 8.03. The molecule has 1 heterocycles. The van der Waals surface area contributed by atoms with Crippen LogP contribution in [0.15, 0.2) is 24.3 Å². The molecule has 0 aromatic heterocycles. The predicted molar refractivity (Wildman–Crippen MR) is 82.3 cm³/mol. The van der Waals surface area contributed by atoms with Gasteiger partial charge in [0.2, 0.25) is 5.91 Å². The van der Waals surface area contributed by atoms with E-state index in [4.69, 9.17) is 10.5 Å². The summed E-state index contributed by atoms with van der Waals surface area (Å²) < 4.78 is 5.67. The first kappa shape index (κ1) is 14.4.